The van der Waals surface area contributed by atoms with Crippen LogP contribution in [0.5, 0.6) is 0 Å². The lowest BCUT2D eigenvalue weighted by Gasteiger charge is -2.25. The molecule has 0 bridgehead atoms. The van der Waals surface area contributed by atoms with E-state index in [9.17, 15) is 9.59 Å². The van der Waals surface area contributed by atoms with Gasteiger partial charge in [-0.05, 0) is 33.6 Å². The van der Waals surface area contributed by atoms with Crippen molar-refractivity contribution in [1.82, 2.24) is 5.32 Å². The van der Waals surface area contributed by atoms with E-state index in [4.69, 9.17) is 4.74 Å². The first-order valence-electron chi connectivity index (χ1n) is 6.94. The fraction of sp³-hybridized carbons (Fsp3) is 0.733. The smallest absolute Gasteiger partial charge is 0.329 e. The SMILES string of the molecule is C=CCC1C(=O)N[C@H](C(=O)OC(C)(C)C)C1CCC. The van der Waals surface area contributed by atoms with Crippen molar-refractivity contribution in [2.75, 3.05) is 0 Å². The van der Waals surface area contributed by atoms with Gasteiger partial charge < -0.3 is 10.1 Å². The number of amides is 1. The van der Waals surface area contributed by atoms with Gasteiger partial charge in [0, 0.05) is 11.8 Å². The summed E-state index contributed by atoms with van der Waals surface area (Å²) in [4.78, 5) is 24.1. The number of allylic oxidation sites excluding steroid dienone is 1. The molecule has 0 spiro atoms. The normalized spacial score (nSPS) is 26.9. The van der Waals surface area contributed by atoms with Crippen molar-refractivity contribution in [3.05, 3.63) is 12.7 Å². The van der Waals surface area contributed by atoms with Crippen molar-refractivity contribution in [2.45, 2.75) is 58.6 Å². The molecule has 3 atom stereocenters. The van der Waals surface area contributed by atoms with Crippen LogP contribution in [-0.4, -0.2) is 23.5 Å². The molecule has 0 aromatic heterocycles. The van der Waals surface area contributed by atoms with Crippen molar-refractivity contribution in [1.29, 1.82) is 0 Å². The first-order valence-corrected chi connectivity index (χ1v) is 6.94. The molecule has 1 amide bonds. The maximum Gasteiger partial charge on any atom is 0.329 e. The summed E-state index contributed by atoms with van der Waals surface area (Å²) in [7, 11) is 0. The predicted molar refractivity (Wildman–Crippen MR) is 74.5 cm³/mol. The quantitative estimate of drug-likeness (QED) is 0.615. The second-order valence-electron chi connectivity index (χ2n) is 6.10. The highest BCUT2D eigenvalue weighted by atomic mass is 16.6. The molecule has 2 unspecified atom stereocenters. The molecule has 1 N–H and O–H groups in total. The van der Waals surface area contributed by atoms with Gasteiger partial charge in [0.15, 0.2) is 0 Å². The lowest BCUT2D eigenvalue weighted by Crippen LogP contribution is -2.41. The summed E-state index contributed by atoms with van der Waals surface area (Å²) in [5.74, 6) is -0.541. The van der Waals surface area contributed by atoms with Crippen LogP contribution in [0.15, 0.2) is 12.7 Å². The van der Waals surface area contributed by atoms with Gasteiger partial charge in [0.2, 0.25) is 5.91 Å². The molecular weight excluding hydrogens is 242 g/mol. The Morgan fingerprint density at radius 1 is 1.47 bits per heavy atom. The van der Waals surface area contributed by atoms with Gasteiger partial charge in [-0.1, -0.05) is 19.4 Å². The Labute approximate surface area is 115 Å². The van der Waals surface area contributed by atoms with Crippen LogP contribution >= 0.6 is 0 Å². The number of nitrogens with one attached hydrogen (secondary N) is 1. The minimum absolute atomic E-state index is 0.00495. The van der Waals surface area contributed by atoms with Gasteiger partial charge in [-0.3, -0.25) is 4.79 Å². The fourth-order valence-corrected chi connectivity index (χ4v) is 2.56. The Bertz CT molecular complexity index is 357. The van der Waals surface area contributed by atoms with E-state index in [0.717, 1.165) is 12.8 Å². The molecule has 1 saturated heterocycles. The van der Waals surface area contributed by atoms with Crippen molar-refractivity contribution < 1.29 is 14.3 Å². The lowest BCUT2D eigenvalue weighted by atomic mass is 9.84. The first-order chi connectivity index (χ1) is 8.80. The third-order valence-electron chi connectivity index (χ3n) is 3.28. The van der Waals surface area contributed by atoms with E-state index < -0.39 is 11.6 Å². The zero-order chi connectivity index (χ0) is 14.6. The van der Waals surface area contributed by atoms with Crippen LogP contribution in [0, 0.1) is 11.8 Å². The minimum atomic E-state index is -0.533. The van der Waals surface area contributed by atoms with Gasteiger partial charge in [-0.15, -0.1) is 6.58 Å². The minimum Gasteiger partial charge on any atom is -0.458 e. The third kappa shape index (κ3) is 4.08. The summed E-state index contributed by atoms with van der Waals surface area (Å²) in [6, 6.07) is -0.517. The van der Waals surface area contributed by atoms with E-state index >= 15 is 0 Å². The second kappa shape index (κ2) is 6.22. The largest absolute Gasteiger partial charge is 0.458 e. The predicted octanol–water partition coefficient (Wildman–Crippen LogP) is 2.44. The van der Waals surface area contributed by atoms with Crippen LogP contribution in [0.3, 0.4) is 0 Å². The Hall–Kier alpha value is -1.32. The number of carbonyl (C=O) groups is 2. The molecule has 1 heterocycles. The highest BCUT2D eigenvalue weighted by Crippen LogP contribution is 2.32. The van der Waals surface area contributed by atoms with Gasteiger partial charge in [0.05, 0.1) is 0 Å². The van der Waals surface area contributed by atoms with Crippen LogP contribution in [0.1, 0.15) is 47.0 Å². The first kappa shape index (κ1) is 15.7. The summed E-state index contributed by atoms with van der Waals surface area (Å²) in [5.41, 5.74) is -0.533. The molecule has 1 rings (SSSR count). The third-order valence-corrected chi connectivity index (χ3v) is 3.28. The number of esters is 1. The van der Waals surface area contributed by atoms with Crippen LogP contribution in [0.4, 0.5) is 0 Å². The number of hydrogen-bond acceptors (Lipinski definition) is 3. The molecular formula is C15H25NO3. The Balaban J connectivity index is 2.84. The van der Waals surface area contributed by atoms with Gasteiger partial charge in [-0.2, -0.15) is 0 Å². The number of carbonyl (C=O) groups excluding carboxylic acids is 2. The molecule has 4 nitrogen and oxygen atoms in total. The summed E-state index contributed by atoms with van der Waals surface area (Å²) >= 11 is 0. The van der Waals surface area contributed by atoms with Crippen molar-refractivity contribution in [2.24, 2.45) is 11.8 Å². The number of ether oxygens (including phenoxy) is 1. The van der Waals surface area contributed by atoms with Crippen molar-refractivity contribution in [3.63, 3.8) is 0 Å². The van der Waals surface area contributed by atoms with E-state index in [2.05, 4.69) is 18.8 Å². The van der Waals surface area contributed by atoms with Crippen molar-refractivity contribution >= 4 is 11.9 Å². The lowest BCUT2D eigenvalue weighted by molar-refractivity contribution is -0.158. The summed E-state index contributed by atoms with van der Waals surface area (Å²) in [6.07, 6.45) is 4.12. The molecule has 0 aliphatic carbocycles. The summed E-state index contributed by atoms with van der Waals surface area (Å²) in [6.45, 7) is 11.2. The zero-order valence-corrected chi connectivity index (χ0v) is 12.4. The van der Waals surface area contributed by atoms with E-state index in [1.807, 2.05) is 20.8 Å². The Morgan fingerprint density at radius 3 is 2.58 bits per heavy atom. The van der Waals surface area contributed by atoms with Crippen LogP contribution in [-0.2, 0) is 14.3 Å². The average molecular weight is 267 g/mol. The van der Waals surface area contributed by atoms with Crippen LogP contribution in [0.25, 0.3) is 0 Å². The standard InChI is InChI=1S/C15H25NO3/c1-6-8-10-11(9-7-2)13(17)16-12(10)14(18)19-15(3,4)5/h7,10-12H,2,6,8-9H2,1,3-5H3,(H,16,17)/t10?,11?,12-/m0/s1. The zero-order valence-electron chi connectivity index (χ0n) is 12.4. The molecule has 0 saturated carbocycles. The average Bonchev–Trinajstić information content (AvgIpc) is 2.56. The molecule has 0 aromatic rings. The molecule has 19 heavy (non-hydrogen) atoms. The van der Waals surface area contributed by atoms with E-state index in [1.54, 1.807) is 6.08 Å². The monoisotopic (exact) mass is 267 g/mol. The number of rotatable bonds is 5. The van der Waals surface area contributed by atoms with Gasteiger partial charge in [0.1, 0.15) is 11.6 Å². The second-order valence-corrected chi connectivity index (χ2v) is 6.10. The van der Waals surface area contributed by atoms with E-state index in [0.29, 0.717) is 6.42 Å². The molecule has 0 aromatic carbocycles. The molecule has 1 aliphatic rings. The maximum atomic E-state index is 12.2. The molecule has 1 fully saturated rings. The highest BCUT2D eigenvalue weighted by Gasteiger charge is 2.45. The van der Waals surface area contributed by atoms with Crippen molar-refractivity contribution in [3.8, 4) is 0 Å². The highest BCUT2D eigenvalue weighted by molar-refractivity contribution is 5.90. The molecule has 0 radical (unpaired) electrons. The maximum absolute atomic E-state index is 12.2. The summed E-state index contributed by atoms with van der Waals surface area (Å²) in [5, 5.41) is 2.78. The summed E-state index contributed by atoms with van der Waals surface area (Å²) < 4.78 is 5.39. The molecule has 4 heteroatoms. The fourth-order valence-electron chi connectivity index (χ4n) is 2.56. The van der Waals surface area contributed by atoms with Gasteiger partial charge in [-0.25, -0.2) is 4.79 Å². The number of hydrogen-bond donors (Lipinski definition) is 1. The Morgan fingerprint density at radius 2 is 2.11 bits per heavy atom. The Kier molecular flexibility index (Phi) is 5.15. The van der Waals surface area contributed by atoms with Crippen LogP contribution in [0.2, 0.25) is 0 Å². The van der Waals surface area contributed by atoms with Crippen LogP contribution < -0.4 is 5.32 Å². The van der Waals surface area contributed by atoms with E-state index in [-0.39, 0.29) is 23.7 Å². The topological polar surface area (TPSA) is 55.4 Å². The molecule has 1 aliphatic heterocycles. The molecule has 108 valence electrons. The van der Waals surface area contributed by atoms with Gasteiger partial charge in [0.25, 0.3) is 0 Å². The van der Waals surface area contributed by atoms with Gasteiger partial charge >= 0.3 is 5.97 Å². The van der Waals surface area contributed by atoms with E-state index in [1.165, 1.54) is 0 Å².